The maximum absolute atomic E-state index is 12.3. The van der Waals surface area contributed by atoms with E-state index >= 15 is 0 Å². The smallest absolute Gasteiger partial charge is 0.170 e. The quantitative estimate of drug-likeness (QED) is 0.739. The van der Waals surface area contributed by atoms with Crippen LogP contribution in [0.25, 0.3) is 5.69 Å². The number of benzene rings is 1. The molecule has 1 heterocycles. The van der Waals surface area contributed by atoms with Crippen molar-refractivity contribution in [2.45, 2.75) is 20.8 Å². The summed E-state index contributed by atoms with van der Waals surface area (Å²) in [5, 5.41) is 11.4. The van der Waals surface area contributed by atoms with Crippen molar-refractivity contribution in [1.82, 2.24) is 20.2 Å². The van der Waals surface area contributed by atoms with Gasteiger partial charge in [0.2, 0.25) is 0 Å². The fourth-order valence-corrected chi connectivity index (χ4v) is 1.52. The Bertz CT molecular complexity index is 526. The van der Waals surface area contributed by atoms with Crippen molar-refractivity contribution >= 4 is 5.78 Å². The first kappa shape index (κ1) is 11.4. The minimum absolute atomic E-state index is 0.0606. The van der Waals surface area contributed by atoms with Crippen LogP contribution >= 0.6 is 0 Å². The Morgan fingerprint density at radius 1 is 1.24 bits per heavy atom. The summed E-state index contributed by atoms with van der Waals surface area (Å²) in [7, 11) is 0. The molecule has 5 heteroatoms. The van der Waals surface area contributed by atoms with Crippen LogP contribution in [0.1, 0.15) is 31.1 Å². The van der Waals surface area contributed by atoms with Gasteiger partial charge in [-0.25, -0.2) is 0 Å². The molecule has 17 heavy (non-hydrogen) atoms. The Morgan fingerprint density at radius 2 is 1.94 bits per heavy atom. The third-order valence-electron chi connectivity index (χ3n) is 2.39. The first-order valence-corrected chi connectivity index (χ1v) is 5.37. The second kappa shape index (κ2) is 4.08. The van der Waals surface area contributed by atoms with E-state index in [0.29, 0.717) is 11.3 Å². The molecule has 0 aliphatic carbocycles. The number of ketones is 1. The second-order valence-electron chi connectivity index (χ2n) is 4.82. The van der Waals surface area contributed by atoms with E-state index < -0.39 is 5.41 Å². The van der Waals surface area contributed by atoms with Crippen molar-refractivity contribution in [3.8, 4) is 5.69 Å². The summed E-state index contributed by atoms with van der Waals surface area (Å²) in [6.45, 7) is 5.67. The SMILES string of the molecule is CC(C)(C)C(=O)c1ccccc1-n1ncnn1. The Hall–Kier alpha value is -2.04. The van der Waals surface area contributed by atoms with E-state index in [1.165, 1.54) is 11.1 Å². The molecule has 0 fully saturated rings. The van der Waals surface area contributed by atoms with Gasteiger partial charge in [-0.1, -0.05) is 32.9 Å². The molecule has 88 valence electrons. The molecule has 0 atom stereocenters. The molecule has 1 aromatic carbocycles. The zero-order chi connectivity index (χ0) is 12.5. The Labute approximate surface area is 99.5 Å². The fourth-order valence-electron chi connectivity index (χ4n) is 1.52. The van der Waals surface area contributed by atoms with Gasteiger partial charge in [0.15, 0.2) is 12.1 Å². The van der Waals surface area contributed by atoms with Gasteiger partial charge in [-0.2, -0.15) is 0 Å². The van der Waals surface area contributed by atoms with Gasteiger partial charge in [0.05, 0.1) is 5.69 Å². The predicted octanol–water partition coefficient (Wildman–Crippen LogP) is 1.89. The van der Waals surface area contributed by atoms with Crippen molar-refractivity contribution in [1.29, 1.82) is 0 Å². The average Bonchev–Trinajstić information content (AvgIpc) is 2.80. The lowest BCUT2D eigenvalue weighted by Crippen LogP contribution is -2.22. The molecule has 0 saturated heterocycles. The number of Topliss-reactive ketones (excluding diaryl/α,β-unsaturated/α-hetero) is 1. The van der Waals surface area contributed by atoms with Crippen LogP contribution in [0, 0.1) is 5.41 Å². The lowest BCUT2D eigenvalue weighted by Gasteiger charge is -2.18. The van der Waals surface area contributed by atoms with E-state index in [1.54, 1.807) is 12.1 Å². The Morgan fingerprint density at radius 3 is 2.53 bits per heavy atom. The number of nitrogens with zero attached hydrogens (tertiary/aromatic N) is 4. The van der Waals surface area contributed by atoms with Crippen LogP contribution in [0.3, 0.4) is 0 Å². The number of carbonyl (C=O) groups is 1. The minimum atomic E-state index is -0.434. The van der Waals surface area contributed by atoms with Crippen LogP contribution in [0.5, 0.6) is 0 Å². The molecule has 5 nitrogen and oxygen atoms in total. The second-order valence-corrected chi connectivity index (χ2v) is 4.82. The van der Waals surface area contributed by atoms with Gasteiger partial charge in [-0.05, 0) is 17.3 Å². The lowest BCUT2D eigenvalue weighted by atomic mass is 9.86. The van der Waals surface area contributed by atoms with Crippen molar-refractivity contribution in [2.24, 2.45) is 5.41 Å². The molecule has 0 bridgehead atoms. The van der Waals surface area contributed by atoms with Crippen LogP contribution in [0.4, 0.5) is 0 Å². The molecule has 0 radical (unpaired) electrons. The Kier molecular flexibility index (Phi) is 2.75. The van der Waals surface area contributed by atoms with Gasteiger partial charge < -0.3 is 0 Å². The number of rotatable bonds is 2. The van der Waals surface area contributed by atoms with Crippen LogP contribution in [0.2, 0.25) is 0 Å². The minimum Gasteiger partial charge on any atom is -0.294 e. The van der Waals surface area contributed by atoms with Crippen LogP contribution in [-0.4, -0.2) is 26.0 Å². The zero-order valence-electron chi connectivity index (χ0n) is 10.1. The van der Waals surface area contributed by atoms with E-state index in [1.807, 2.05) is 32.9 Å². The highest BCUT2D eigenvalue weighted by atomic mass is 16.1. The number of tetrazole rings is 1. The van der Waals surface area contributed by atoms with E-state index in [0.717, 1.165) is 0 Å². The first-order chi connectivity index (χ1) is 8.00. The summed E-state index contributed by atoms with van der Waals surface area (Å²) < 4.78 is 0. The monoisotopic (exact) mass is 230 g/mol. The van der Waals surface area contributed by atoms with Gasteiger partial charge in [-0.3, -0.25) is 4.79 Å². The fraction of sp³-hybridized carbons (Fsp3) is 0.333. The summed E-state index contributed by atoms with van der Waals surface area (Å²) in [5.41, 5.74) is 0.833. The third-order valence-corrected chi connectivity index (χ3v) is 2.39. The molecule has 0 aliphatic rings. The van der Waals surface area contributed by atoms with E-state index in [2.05, 4.69) is 15.4 Å². The number of aromatic nitrogens is 4. The summed E-state index contributed by atoms with van der Waals surface area (Å²) in [4.78, 5) is 13.7. The number of hydrogen-bond donors (Lipinski definition) is 0. The average molecular weight is 230 g/mol. The summed E-state index contributed by atoms with van der Waals surface area (Å²) in [6, 6.07) is 7.27. The van der Waals surface area contributed by atoms with Gasteiger partial charge >= 0.3 is 0 Å². The number of hydrogen-bond acceptors (Lipinski definition) is 4. The van der Waals surface area contributed by atoms with Crippen LogP contribution < -0.4 is 0 Å². The maximum Gasteiger partial charge on any atom is 0.170 e. The summed E-state index contributed by atoms with van der Waals surface area (Å²) in [5.74, 6) is 0.0606. The molecule has 0 N–H and O–H groups in total. The van der Waals surface area contributed by atoms with Crippen LogP contribution in [-0.2, 0) is 0 Å². The van der Waals surface area contributed by atoms with Gasteiger partial charge in [0.25, 0.3) is 0 Å². The third kappa shape index (κ3) is 2.22. The first-order valence-electron chi connectivity index (χ1n) is 5.37. The number of para-hydroxylation sites is 1. The van der Waals surface area contributed by atoms with E-state index in [9.17, 15) is 4.79 Å². The van der Waals surface area contributed by atoms with Crippen molar-refractivity contribution in [3.05, 3.63) is 36.2 Å². The molecule has 0 saturated carbocycles. The molecular formula is C12H14N4O. The van der Waals surface area contributed by atoms with E-state index in [-0.39, 0.29) is 5.78 Å². The highest BCUT2D eigenvalue weighted by Gasteiger charge is 2.25. The molecule has 0 unspecified atom stereocenters. The normalized spacial score (nSPS) is 11.5. The molecule has 0 aliphatic heterocycles. The lowest BCUT2D eigenvalue weighted by molar-refractivity contribution is 0.0858. The van der Waals surface area contributed by atoms with Crippen LogP contribution in [0.15, 0.2) is 30.6 Å². The van der Waals surface area contributed by atoms with Crippen molar-refractivity contribution in [3.63, 3.8) is 0 Å². The summed E-state index contributed by atoms with van der Waals surface area (Å²) >= 11 is 0. The molecule has 1 aromatic heterocycles. The molecule has 0 spiro atoms. The van der Waals surface area contributed by atoms with Crippen molar-refractivity contribution < 1.29 is 4.79 Å². The zero-order valence-corrected chi connectivity index (χ0v) is 10.1. The van der Waals surface area contributed by atoms with Gasteiger partial charge in [0, 0.05) is 11.0 Å². The predicted molar refractivity (Wildman–Crippen MR) is 62.9 cm³/mol. The number of carbonyl (C=O) groups excluding carboxylic acids is 1. The topological polar surface area (TPSA) is 60.7 Å². The largest absolute Gasteiger partial charge is 0.294 e. The molecular weight excluding hydrogens is 216 g/mol. The molecule has 2 rings (SSSR count). The van der Waals surface area contributed by atoms with Crippen molar-refractivity contribution in [2.75, 3.05) is 0 Å². The highest BCUT2D eigenvalue weighted by Crippen LogP contribution is 2.24. The highest BCUT2D eigenvalue weighted by molar-refractivity contribution is 6.02. The molecule has 0 amide bonds. The van der Waals surface area contributed by atoms with Gasteiger partial charge in [0.1, 0.15) is 0 Å². The molecule has 2 aromatic rings. The van der Waals surface area contributed by atoms with E-state index in [4.69, 9.17) is 0 Å². The standard InChI is InChI=1S/C12H14N4O/c1-12(2,3)11(17)9-6-4-5-7-10(9)16-14-8-13-15-16/h4-8H,1-3H3. The van der Waals surface area contributed by atoms with Gasteiger partial charge in [-0.15, -0.1) is 15.0 Å². The summed E-state index contributed by atoms with van der Waals surface area (Å²) in [6.07, 6.45) is 1.35. The maximum atomic E-state index is 12.3. The Balaban J connectivity index is 2.53.